The third kappa shape index (κ3) is 6.44. The lowest BCUT2D eigenvalue weighted by Crippen LogP contribution is -1.93. The Morgan fingerprint density at radius 3 is 1.81 bits per heavy atom. The molecule has 0 heterocycles. The van der Waals surface area contributed by atoms with E-state index in [2.05, 4.69) is 49.1 Å². The van der Waals surface area contributed by atoms with Crippen molar-refractivity contribution in [3.05, 3.63) is 49.1 Å². The SMILES string of the molecule is C=CC1C/C=C/CC/C=C/CC/C=C/CC1. The molecule has 0 amide bonds. The molecule has 1 rings (SSSR count). The van der Waals surface area contributed by atoms with Crippen LogP contribution in [0.25, 0.3) is 0 Å². The van der Waals surface area contributed by atoms with Crippen molar-refractivity contribution in [1.82, 2.24) is 0 Å². The molecule has 0 aromatic heterocycles. The summed E-state index contributed by atoms with van der Waals surface area (Å²) in [6.45, 7) is 3.92. The van der Waals surface area contributed by atoms with Gasteiger partial charge < -0.3 is 0 Å². The highest BCUT2D eigenvalue weighted by Crippen LogP contribution is 2.14. The highest BCUT2D eigenvalue weighted by molar-refractivity contribution is 4.95. The van der Waals surface area contributed by atoms with Crippen LogP contribution in [0.1, 0.15) is 44.9 Å². The highest BCUT2D eigenvalue weighted by atomic mass is 14.0. The zero-order valence-corrected chi connectivity index (χ0v) is 10.3. The van der Waals surface area contributed by atoms with Crippen LogP contribution in [-0.2, 0) is 0 Å². The maximum Gasteiger partial charge on any atom is -0.0199 e. The van der Waals surface area contributed by atoms with Crippen LogP contribution in [0.4, 0.5) is 0 Å². The van der Waals surface area contributed by atoms with Gasteiger partial charge in [-0.15, -0.1) is 6.58 Å². The van der Waals surface area contributed by atoms with Crippen molar-refractivity contribution in [3.8, 4) is 0 Å². The van der Waals surface area contributed by atoms with E-state index in [1.165, 1.54) is 38.5 Å². The van der Waals surface area contributed by atoms with Gasteiger partial charge in [-0.25, -0.2) is 0 Å². The first-order valence-corrected chi connectivity index (χ1v) is 6.51. The first kappa shape index (κ1) is 13.0. The molecular weight excluding hydrogens is 192 g/mol. The molecule has 0 nitrogen and oxygen atoms in total. The smallest absolute Gasteiger partial charge is 0.0199 e. The molecular formula is C16H24. The van der Waals surface area contributed by atoms with Crippen LogP contribution >= 0.6 is 0 Å². The van der Waals surface area contributed by atoms with Crippen LogP contribution in [0.15, 0.2) is 49.1 Å². The first-order chi connectivity index (χ1) is 7.93. The normalized spacial score (nSPS) is 29.9. The number of hydrogen-bond donors (Lipinski definition) is 0. The molecule has 0 fully saturated rings. The zero-order chi connectivity index (χ0) is 11.5. The second kappa shape index (κ2) is 9.21. The van der Waals surface area contributed by atoms with Crippen LogP contribution in [0.3, 0.4) is 0 Å². The molecule has 0 aliphatic heterocycles. The van der Waals surface area contributed by atoms with Crippen molar-refractivity contribution in [2.45, 2.75) is 44.9 Å². The van der Waals surface area contributed by atoms with Gasteiger partial charge >= 0.3 is 0 Å². The number of allylic oxidation sites excluding steroid dienone is 7. The lowest BCUT2D eigenvalue weighted by molar-refractivity contribution is 0.606. The summed E-state index contributed by atoms with van der Waals surface area (Å²) in [6, 6.07) is 0. The summed E-state index contributed by atoms with van der Waals surface area (Å²) in [5.74, 6) is 0.652. The van der Waals surface area contributed by atoms with Crippen molar-refractivity contribution in [2.24, 2.45) is 5.92 Å². The molecule has 0 N–H and O–H groups in total. The minimum atomic E-state index is 0.652. The Morgan fingerprint density at radius 1 is 0.750 bits per heavy atom. The maximum absolute atomic E-state index is 3.92. The molecule has 0 saturated heterocycles. The van der Waals surface area contributed by atoms with Gasteiger partial charge in [0.2, 0.25) is 0 Å². The predicted octanol–water partition coefficient (Wildman–Crippen LogP) is 5.20. The maximum atomic E-state index is 3.92. The zero-order valence-electron chi connectivity index (χ0n) is 10.3. The molecule has 1 aliphatic carbocycles. The standard InChI is InChI=1S/C16H24/c1-2-16-14-12-10-8-6-4-3-5-7-9-11-13-15-16/h2-4,9-12,16H,1,5-8,13-15H2/b4-3+,11-9+,12-10+. The van der Waals surface area contributed by atoms with Gasteiger partial charge in [0.1, 0.15) is 0 Å². The van der Waals surface area contributed by atoms with E-state index >= 15 is 0 Å². The summed E-state index contributed by atoms with van der Waals surface area (Å²) in [5.41, 5.74) is 0. The number of hydrogen-bond acceptors (Lipinski definition) is 0. The summed E-state index contributed by atoms with van der Waals surface area (Å²) in [4.78, 5) is 0. The van der Waals surface area contributed by atoms with E-state index < -0.39 is 0 Å². The van der Waals surface area contributed by atoms with Crippen LogP contribution < -0.4 is 0 Å². The topological polar surface area (TPSA) is 0 Å². The summed E-state index contributed by atoms with van der Waals surface area (Å²) in [5, 5.41) is 0. The van der Waals surface area contributed by atoms with Gasteiger partial charge in [0.25, 0.3) is 0 Å². The lowest BCUT2D eigenvalue weighted by atomic mass is 9.98. The fourth-order valence-electron chi connectivity index (χ4n) is 1.89. The molecule has 0 radical (unpaired) electrons. The molecule has 0 saturated carbocycles. The van der Waals surface area contributed by atoms with Gasteiger partial charge in [0.15, 0.2) is 0 Å². The fraction of sp³-hybridized carbons (Fsp3) is 0.500. The second-order valence-corrected chi connectivity index (χ2v) is 4.38. The molecule has 1 aliphatic rings. The van der Waals surface area contributed by atoms with Crippen molar-refractivity contribution < 1.29 is 0 Å². The Labute approximate surface area is 100 Å². The van der Waals surface area contributed by atoms with E-state index in [4.69, 9.17) is 0 Å². The highest BCUT2D eigenvalue weighted by Gasteiger charge is 1.99. The summed E-state index contributed by atoms with van der Waals surface area (Å²) >= 11 is 0. The van der Waals surface area contributed by atoms with Crippen molar-refractivity contribution in [2.75, 3.05) is 0 Å². The van der Waals surface area contributed by atoms with E-state index in [0.29, 0.717) is 5.92 Å². The van der Waals surface area contributed by atoms with E-state index in [1.807, 2.05) is 0 Å². The Hall–Kier alpha value is -1.04. The third-order valence-electron chi connectivity index (χ3n) is 2.98. The van der Waals surface area contributed by atoms with Crippen LogP contribution in [0, 0.1) is 5.92 Å². The van der Waals surface area contributed by atoms with Gasteiger partial charge in [-0.2, -0.15) is 0 Å². The second-order valence-electron chi connectivity index (χ2n) is 4.38. The summed E-state index contributed by atoms with van der Waals surface area (Å²) < 4.78 is 0. The monoisotopic (exact) mass is 216 g/mol. The molecule has 0 aromatic rings. The Bertz CT molecular complexity index is 255. The minimum Gasteiger partial charge on any atom is -0.103 e. The van der Waals surface area contributed by atoms with Gasteiger partial charge in [-0.1, -0.05) is 42.5 Å². The van der Waals surface area contributed by atoms with Crippen molar-refractivity contribution >= 4 is 0 Å². The van der Waals surface area contributed by atoms with Gasteiger partial charge in [0, 0.05) is 0 Å². The quantitative estimate of drug-likeness (QED) is 0.528. The molecule has 0 heteroatoms. The van der Waals surface area contributed by atoms with Gasteiger partial charge in [0.05, 0.1) is 0 Å². The van der Waals surface area contributed by atoms with E-state index in [9.17, 15) is 0 Å². The van der Waals surface area contributed by atoms with Crippen molar-refractivity contribution in [1.29, 1.82) is 0 Å². The Kier molecular flexibility index (Phi) is 7.49. The largest absolute Gasteiger partial charge is 0.103 e. The van der Waals surface area contributed by atoms with Crippen LogP contribution in [0.5, 0.6) is 0 Å². The van der Waals surface area contributed by atoms with Gasteiger partial charge in [-0.3, -0.25) is 0 Å². The van der Waals surface area contributed by atoms with E-state index in [-0.39, 0.29) is 0 Å². The average Bonchev–Trinajstić information content (AvgIpc) is 2.32. The molecule has 0 bridgehead atoms. The Balaban J connectivity index is 2.43. The van der Waals surface area contributed by atoms with Gasteiger partial charge in [-0.05, 0) is 50.9 Å². The molecule has 1 atom stereocenters. The van der Waals surface area contributed by atoms with E-state index in [1.54, 1.807) is 0 Å². The van der Waals surface area contributed by atoms with Crippen molar-refractivity contribution in [3.63, 3.8) is 0 Å². The summed E-state index contributed by atoms with van der Waals surface area (Å²) in [7, 11) is 0. The molecule has 16 heavy (non-hydrogen) atoms. The third-order valence-corrected chi connectivity index (χ3v) is 2.98. The molecule has 1 unspecified atom stereocenters. The van der Waals surface area contributed by atoms with Crippen LogP contribution in [0.2, 0.25) is 0 Å². The fourth-order valence-corrected chi connectivity index (χ4v) is 1.89. The Morgan fingerprint density at radius 2 is 1.25 bits per heavy atom. The van der Waals surface area contributed by atoms with E-state index in [0.717, 1.165) is 6.42 Å². The van der Waals surface area contributed by atoms with Crippen LogP contribution in [-0.4, -0.2) is 0 Å². The average molecular weight is 216 g/mol. The molecule has 0 aromatic carbocycles. The predicted molar refractivity (Wildman–Crippen MR) is 73.4 cm³/mol. The summed E-state index contributed by atoms with van der Waals surface area (Å²) in [6.07, 6.45) is 24.3. The first-order valence-electron chi connectivity index (χ1n) is 6.51. The number of rotatable bonds is 1. The minimum absolute atomic E-state index is 0.652. The molecule has 88 valence electrons. The molecule has 0 spiro atoms. The lowest BCUT2D eigenvalue weighted by Gasteiger charge is -2.07.